The second kappa shape index (κ2) is 10.8. The van der Waals surface area contributed by atoms with E-state index in [0.29, 0.717) is 27.7 Å². The molecule has 2 heterocycles. The molecule has 0 radical (unpaired) electrons. The van der Waals surface area contributed by atoms with Gasteiger partial charge in [0.25, 0.3) is 5.91 Å². The average molecular weight is 521 g/mol. The molecular formula is C29H30F2N4O3. The number of nitrogens with one attached hydrogen (secondary N) is 2. The zero-order chi connectivity index (χ0) is 26.8. The van der Waals surface area contributed by atoms with E-state index < -0.39 is 11.6 Å². The van der Waals surface area contributed by atoms with Crippen LogP contribution in [0, 0.1) is 11.6 Å². The second-order valence-electron chi connectivity index (χ2n) is 9.48. The molecular weight excluding hydrogens is 490 g/mol. The van der Waals surface area contributed by atoms with Gasteiger partial charge in [0.15, 0.2) is 23.1 Å². The Morgan fingerprint density at radius 2 is 1.61 bits per heavy atom. The molecule has 4 aromatic rings. The molecule has 0 bridgehead atoms. The van der Waals surface area contributed by atoms with Crippen molar-refractivity contribution in [1.29, 1.82) is 0 Å². The molecule has 3 aromatic carbocycles. The molecule has 0 unspecified atom stereocenters. The number of aromatic amines is 1. The van der Waals surface area contributed by atoms with E-state index in [1.807, 2.05) is 24.3 Å². The standard InChI is InChI=1S/C29H30F2N4O3/c1-34-10-12-35(13-11-34)17-18-4-6-19(7-5-18)29(36)33-23-16-32-22-14-20(8-9-21(22)23)26-27(30)24(37-2)15-25(38-3)28(26)31/h4-9,14-16,32H,10-13,17H2,1-3H3,(H,33,36). The number of carbonyl (C=O) groups excluding carboxylic acids is 1. The molecule has 0 saturated carbocycles. The summed E-state index contributed by atoms with van der Waals surface area (Å²) in [6.45, 7) is 5.05. The quantitative estimate of drug-likeness (QED) is 0.354. The average Bonchev–Trinajstić information content (AvgIpc) is 3.32. The Bertz CT molecular complexity index is 1430. The fourth-order valence-electron chi connectivity index (χ4n) is 4.74. The van der Waals surface area contributed by atoms with Crippen molar-refractivity contribution in [2.45, 2.75) is 6.54 Å². The molecule has 2 N–H and O–H groups in total. The van der Waals surface area contributed by atoms with Crippen molar-refractivity contribution in [2.24, 2.45) is 0 Å². The number of hydrogen-bond acceptors (Lipinski definition) is 5. The summed E-state index contributed by atoms with van der Waals surface area (Å²) in [7, 11) is 4.75. The van der Waals surface area contributed by atoms with Crippen LogP contribution in [0.1, 0.15) is 15.9 Å². The van der Waals surface area contributed by atoms with Gasteiger partial charge in [-0.15, -0.1) is 0 Å². The molecule has 1 saturated heterocycles. The third-order valence-corrected chi connectivity index (χ3v) is 7.01. The normalized spacial score (nSPS) is 14.6. The summed E-state index contributed by atoms with van der Waals surface area (Å²) in [5.41, 5.74) is 2.95. The van der Waals surface area contributed by atoms with Gasteiger partial charge in [-0.3, -0.25) is 9.69 Å². The fourth-order valence-corrected chi connectivity index (χ4v) is 4.74. The van der Waals surface area contributed by atoms with Gasteiger partial charge >= 0.3 is 0 Å². The number of H-pyrrole nitrogens is 1. The van der Waals surface area contributed by atoms with Crippen LogP contribution < -0.4 is 14.8 Å². The van der Waals surface area contributed by atoms with Gasteiger partial charge in [0.05, 0.1) is 25.5 Å². The van der Waals surface area contributed by atoms with E-state index >= 15 is 0 Å². The van der Waals surface area contributed by atoms with Crippen LogP contribution >= 0.6 is 0 Å². The highest BCUT2D eigenvalue weighted by Crippen LogP contribution is 2.39. The number of likely N-dealkylation sites (N-methyl/N-ethyl adjacent to an activating group) is 1. The number of amides is 1. The minimum atomic E-state index is -0.818. The van der Waals surface area contributed by atoms with E-state index in [0.717, 1.165) is 32.7 Å². The van der Waals surface area contributed by atoms with Gasteiger partial charge in [-0.25, -0.2) is 8.78 Å². The van der Waals surface area contributed by atoms with Crippen LogP contribution in [-0.2, 0) is 6.54 Å². The predicted molar refractivity (Wildman–Crippen MR) is 144 cm³/mol. The van der Waals surface area contributed by atoms with Gasteiger partial charge < -0.3 is 24.7 Å². The third-order valence-electron chi connectivity index (χ3n) is 7.01. The summed E-state index contributed by atoms with van der Waals surface area (Å²) in [5, 5.41) is 3.64. The Balaban J connectivity index is 1.33. The number of piperazine rings is 1. The Kier molecular flexibility index (Phi) is 7.31. The number of hydrogen-bond donors (Lipinski definition) is 2. The minimum Gasteiger partial charge on any atom is -0.494 e. The summed E-state index contributed by atoms with van der Waals surface area (Å²) >= 11 is 0. The van der Waals surface area contributed by atoms with E-state index in [9.17, 15) is 13.6 Å². The van der Waals surface area contributed by atoms with E-state index in [1.165, 1.54) is 25.8 Å². The smallest absolute Gasteiger partial charge is 0.255 e. The molecule has 1 aliphatic heterocycles. The van der Waals surface area contributed by atoms with Crippen molar-refractivity contribution in [3.05, 3.63) is 77.5 Å². The number of nitrogens with zero attached hydrogens (tertiary/aromatic N) is 2. The number of rotatable bonds is 7. The minimum absolute atomic E-state index is 0.118. The maximum Gasteiger partial charge on any atom is 0.255 e. The lowest BCUT2D eigenvalue weighted by atomic mass is 10.0. The zero-order valence-electron chi connectivity index (χ0n) is 21.6. The first-order valence-electron chi connectivity index (χ1n) is 12.4. The van der Waals surface area contributed by atoms with Gasteiger partial charge in [-0.2, -0.15) is 0 Å². The van der Waals surface area contributed by atoms with Crippen molar-refractivity contribution in [2.75, 3.05) is 52.8 Å². The van der Waals surface area contributed by atoms with Crippen molar-refractivity contribution in [3.8, 4) is 22.6 Å². The predicted octanol–water partition coefficient (Wildman–Crippen LogP) is 5.13. The lowest BCUT2D eigenvalue weighted by Crippen LogP contribution is -2.43. The molecule has 9 heteroatoms. The summed E-state index contributed by atoms with van der Waals surface area (Å²) in [5.74, 6) is -2.11. The summed E-state index contributed by atoms with van der Waals surface area (Å²) in [6.07, 6.45) is 1.66. The molecule has 1 aromatic heterocycles. The molecule has 5 rings (SSSR count). The molecule has 198 valence electrons. The molecule has 7 nitrogen and oxygen atoms in total. The monoisotopic (exact) mass is 520 g/mol. The molecule has 0 spiro atoms. The Labute approximate surface area is 220 Å². The van der Waals surface area contributed by atoms with Crippen molar-refractivity contribution in [1.82, 2.24) is 14.8 Å². The molecule has 1 amide bonds. The van der Waals surface area contributed by atoms with Gasteiger partial charge in [-0.05, 0) is 36.4 Å². The lowest BCUT2D eigenvalue weighted by Gasteiger charge is -2.32. The van der Waals surface area contributed by atoms with Crippen LogP contribution in [0.25, 0.3) is 22.0 Å². The number of anilines is 1. The summed E-state index contributed by atoms with van der Waals surface area (Å²) < 4.78 is 40.1. The zero-order valence-corrected chi connectivity index (χ0v) is 21.6. The highest BCUT2D eigenvalue weighted by Gasteiger charge is 2.22. The van der Waals surface area contributed by atoms with Crippen LogP contribution in [0.3, 0.4) is 0 Å². The van der Waals surface area contributed by atoms with E-state index in [-0.39, 0.29) is 23.0 Å². The first-order chi connectivity index (χ1) is 18.4. The molecule has 0 atom stereocenters. The maximum atomic E-state index is 15.0. The number of carbonyl (C=O) groups is 1. The largest absolute Gasteiger partial charge is 0.494 e. The highest BCUT2D eigenvalue weighted by atomic mass is 19.1. The summed E-state index contributed by atoms with van der Waals surface area (Å²) in [6, 6.07) is 13.7. The van der Waals surface area contributed by atoms with Crippen molar-refractivity contribution >= 4 is 22.5 Å². The number of halogens is 2. The van der Waals surface area contributed by atoms with Crippen LogP contribution in [0.15, 0.2) is 54.7 Å². The first-order valence-corrected chi connectivity index (χ1v) is 12.4. The Morgan fingerprint density at radius 1 is 0.947 bits per heavy atom. The molecule has 1 fully saturated rings. The lowest BCUT2D eigenvalue weighted by molar-refractivity contribution is 0.102. The van der Waals surface area contributed by atoms with Crippen molar-refractivity contribution < 1.29 is 23.0 Å². The Hall–Kier alpha value is -3.95. The SMILES string of the molecule is COc1cc(OC)c(F)c(-c2ccc3c(NC(=O)c4ccc(CN5CCN(C)CC5)cc4)c[nH]c3c2)c1F. The fraction of sp³-hybridized carbons (Fsp3) is 0.276. The highest BCUT2D eigenvalue weighted by molar-refractivity contribution is 6.09. The maximum absolute atomic E-state index is 15.0. The van der Waals surface area contributed by atoms with Gasteiger partial charge in [0.1, 0.15) is 0 Å². The summed E-state index contributed by atoms with van der Waals surface area (Å²) in [4.78, 5) is 20.8. The van der Waals surface area contributed by atoms with E-state index in [1.54, 1.807) is 24.4 Å². The van der Waals surface area contributed by atoms with Gasteiger partial charge in [0.2, 0.25) is 0 Å². The van der Waals surface area contributed by atoms with E-state index in [2.05, 4.69) is 27.1 Å². The molecule has 38 heavy (non-hydrogen) atoms. The number of aromatic nitrogens is 1. The number of benzene rings is 3. The van der Waals surface area contributed by atoms with Crippen LogP contribution in [0.5, 0.6) is 11.5 Å². The van der Waals surface area contributed by atoms with Crippen LogP contribution in [0.2, 0.25) is 0 Å². The van der Waals surface area contributed by atoms with Gasteiger partial charge in [-0.1, -0.05) is 24.3 Å². The number of fused-ring (bicyclic) bond motifs is 1. The topological polar surface area (TPSA) is 69.8 Å². The molecule has 1 aliphatic rings. The second-order valence-corrected chi connectivity index (χ2v) is 9.48. The Morgan fingerprint density at radius 3 is 2.24 bits per heavy atom. The van der Waals surface area contributed by atoms with Gasteiger partial charge in [0, 0.05) is 61.5 Å². The third kappa shape index (κ3) is 5.07. The van der Waals surface area contributed by atoms with Crippen molar-refractivity contribution in [3.63, 3.8) is 0 Å². The molecule has 0 aliphatic carbocycles. The first kappa shape index (κ1) is 25.7. The number of methoxy groups -OCH3 is 2. The van der Waals surface area contributed by atoms with E-state index in [4.69, 9.17) is 9.47 Å². The van der Waals surface area contributed by atoms with Crippen LogP contribution in [-0.4, -0.2) is 68.1 Å². The van der Waals surface area contributed by atoms with Crippen LogP contribution in [0.4, 0.5) is 14.5 Å². The number of ether oxygens (including phenoxy) is 2.